The summed E-state index contributed by atoms with van der Waals surface area (Å²) in [7, 11) is 0. The Morgan fingerprint density at radius 2 is 1.95 bits per heavy atom. The van der Waals surface area contributed by atoms with Gasteiger partial charge in [0.15, 0.2) is 0 Å². The van der Waals surface area contributed by atoms with E-state index in [9.17, 15) is 14.7 Å². The second kappa shape index (κ2) is 5.44. The van der Waals surface area contributed by atoms with E-state index >= 15 is 0 Å². The lowest BCUT2D eigenvalue weighted by atomic mass is 9.97. The van der Waals surface area contributed by atoms with E-state index in [1.807, 2.05) is 0 Å². The predicted molar refractivity (Wildman–Crippen MR) is 67.4 cm³/mol. The molecule has 0 fully saturated rings. The molecule has 0 spiro atoms. The van der Waals surface area contributed by atoms with Gasteiger partial charge in [0.25, 0.3) is 0 Å². The zero-order chi connectivity index (χ0) is 14.6. The summed E-state index contributed by atoms with van der Waals surface area (Å²) in [5.74, 6) is -1.54. The fourth-order valence-electron chi connectivity index (χ4n) is 1.11. The number of carbonyl (C=O) groups excluding carboxylic acids is 2. The molecule has 0 aliphatic carbocycles. The standard InChI is InChI=1S/C14H14O5/c1-5-18-12(16)10-8-9(6-7-11(10)15)19-13(17)14(2,3)4/h1,6-8,15H,2-4H3. The molecule has 0 heterocycles. The first-order chi connectivity index (χ1) is 8.75. The molecule has 0 saturated heterocycles. The molecule has 0 aliphatic heterocycles. The normalized spacial score (nSPS) is 10.4. The second-order valence-corrected chi connectivity index (χ2v) is 4.83. The Morgan fingerprint density at radius 1 is 1.32 bits per heavy atom. The van der Waals surface area contributed by atoms with Crippen LogP contribution in [-0.4, -0.2) is 17.0 Å². The van der Waals surface area contributed by atoms with E-state index in [-0.39, 0.29) is 17.1 Å². The molecule has 1 aromatic rings. The van der Waals surface area contributed by atoms with E-state index in [4.69, 9.17) is 11.2 Å². The summed E-state index contributed by atoms with van der Waals surface area (Å²) in [5.41, 5.74) is -0.852. The molecule has 0 radical (unpaired) electrons. The Labute approximate surface area is 111 Å². The number of aromatic hydroxyl groups is 1. The molecule has 5 nitrogen and oxygen atoms in total. The Hall–Kier alpha value is -2.48. The highest BCUT2D eigenvalue weighted by Crippen LogP contribution is 2.26. The van der Waals surface area contributed by atoms with E-state index in [1.165, 1.54) is 18.2 Å². The maximum atomic E-state index is 11.7. The average molecular weight is 262 g/mol. The fraction of sp³-hybridized carbons (Fsp3) is 0.286. The summed E-state index contributed by atoms with van der Waals surface area (Å²) in [6, 6.07) is 3.78. The van der Waals surface area contributed by atoms with E-state index in [0.29, 0.717) is 0 Å². The van der Waals surface area contributed by atoms with Crippen LogP contribution in [0.1, 0.15) is 31.1 Å². The van der Waals surface area contributed by atoms with E-state index in [2.05, 4.69) is 4.74 Å². The number of phenols is 1. The SMILES string of the molecule is C#COC(=O)c1cc(OC(=O)C(C)(C)C)ccc1O. The highest BCUT2D eigenvalue weighted by molar-refractivity contribution is 5.93. The number of carbonyl (C=O) groups is 2. The van der Waals surface area contributed by atoms with Gasteiger partial charge in [-0.3, -0.25) is 4.79 Å². The third-order valence-electron chi connectivity index (χ3n) is 2.16. The van der Waals surface area contributed by atoms with Gasteiger partial charge >= 0.3 is 11.9 Å². The first-order valence-corrected chi connectivity index (χ1v) is 5.48. The van der Waals surface area contributed by atoms with Gasteiger partial charge in [-0.2, -0.15) is 0 Å². The third kappa shape index (κ3) is 3.75. The zero-order valence-corrected chi connectivity index (χ0v) is 10.9. The van der Waals surface area contributed by atoms with Crippen LogP contribution in [0.4, 0.5) is 0 Å². The minimum Gasteiger partial charge on any atom is -0.507 e. The molecule has 0 aliphatic rings. The topological polar surface area (TPSA) is 72.8 Å². The van der Waals surface area contributed by atoms with Crippen LogP contribution in [0.15, 0.2) is 18.2 Å². The molecule has 1 rings (SSSR count). The molecule has 19 heavy (non-hydrogen) atoms. The van der Waals surface area contributed by atoms with Crippen molar-refractivity contribution in [3.05, 3.63) is 23.8 Å². The van der Waals surface area contributed by atoms with Crippen molar-refractivity contribution in [2.75, 3.05) is 0 Å². The van der Waals surface area contributed by atoms with Gasteiger partial charge in [-0.25, -0.2) is 4.79 Å². The summed E-state index contributed by atoms with van der Waals surface area (Å²) in [4.78, 5) is 23.1. The van der Waals surface area contributed by atoms with Gasteiger partial charge in [0, 0.05) is 0 Å². The maximum Gasteiger partial charge on any atom is 0.355 e. The summed E-state index contributed by atoms with van der Waals surface area (Å²) in [5, 5.41) is 9.52. The molecular formula is C14H14O5. The predicted octanol–water partition coefficient (Wildman–Crippen LogP) is 2.09. The van der Waals surface area contributed by atoms with Crippen molar-refractivity contribution in [3.8, 4) is 24.0 Å². The summed E-state index contributed by atoms with van der Waals surface area (Å²) in [6.07, 6.45) is 6.54. The van der Waals surface area contributed by atoms with Crippen LogP contribution in [0, 0.1) is 17.9 Å². The highest BCUT2D eigenvalue weighted by Gasteiger charge is 2.24. The Kier molecular flexibility index (Phi) is 4.18. The quantitative estimate of drug-likeness (QED) is 0.502. The fourth-order valence-corrected chi connectivity index (χ4v) is 1.11. The van der Waals surface area contributed by atoms with Gasteiger partial charge in [-0.1, -0.05) is 6.42 Å². The number of terminal acetylenes is 1. The van der Waals surface area contributed by atoms with Crippen LogP contribution in [-0.2, 0) is 9.53 Å². The van der Waals surface area contributed by atoms with Gasteiger partial charge in [0.2, 0.25) is 0 Å². The van der Waals surface area contributed by atoms with E-state index in [1.54, 1.807) is 26.9 Å². The molecule has 100 valence electrons. The largest absolute Gasteiger partial charge is 0.507 e. The summed E-state index contributed by atoms with van der Waals surface area (Å²) in [6.45, 7) is 5.09. The Bertz CT molecular complexity index is 546. The van der Waals surface area contributed by atoms with Crippen LogP contribution in [0.2, 0.25) is 0 Å². The average Bonchev–Trinajstić information content (AvgIpc) is 2.30. The number of esters is 2. The number of rotatable bonds is 2. The first kappa shape index (κ1) is 14.6. The monoisotopic (exact) mass is 262 g/mol. The third-order valence-corrected chi connectivity index (χ3v) is 2.16. The lowest BCUT2D eigenvalue weighted by molar-refractivity contribution is -0.143. The Morgan fingerprint density at radius 3 is 2.47 bits per heavy atom. The second-order valence-electron chi connectivity index (χ2n) is 4.83. The lowest BCUT2D eigenvalue weighted by Crippen LogP contribution is -2.25. The van der Waals surface area contributed by atoms with Crippen molar-refractivity contribution in [1.29, 1.82) is 0 Å². The first-order valence-electron chi connectivity index (χ1n) is 5.48. The zero-order valence-electron chi connectivity index (χ0n) is 10.9. The van der Waals surface area contributed by atoms with Crippen LogP contribution in [0.5, 0.6) is 11.5 Å². The molecule has 0 atom stereocenters. The molecule has 1 N–H and O–H groups in total. The van der Waals surface area contributed by atoms with Crippen molar-refractivity contribution in [3.63, 3.8) is 0 Å². The van der Waals surface area contributed by atoms with Gasteiger partial charge < -0.3 is 14.6 Å². The van der Waals surface area contributed by atoms with Crippen molar-refractivity contribution in [1.82, 2.24) is 0 Å². The van der Waals surface area contributed by atoms with Crippen molar-refractivity contribution < 1.29 is 24.2 Å². The van der Waals surface area contributed by atoms with Crippen LogP contribution in [0.25, 0.3) is 0 Å². The molecule has 0 aromatic heterocycles. The number of hydrogen-bond donors (Lipinski definition) is 1. The van der Waals surface area contributed by atoms with Gasteiger partial charge in [0.05, 0.1) is 5.41 Å². The summed E-state index contributed by atoms with van der Waals surface area (Å²) < 4.78 is 9.42. The molecule has 0 amide bonds. The van der Waals surface area contributed by atoms with Crippen molar-refractivity contribution >= 4 is 11.9 Å². The lowest BCUT2D eigenvalue weighted by Gasteiger charge is -2.16. The van der Waals surface area contributed by atoms with E-state index < -0.39 is 17.4 Å². The molecule has 0 unspecified atom stereocenters. The molecule has 5 heteroatoms. The summed E-state index contributed by atoms with van der Waals surface area (Å²) >= 11 is 0. The minimum absolute atomic E-state index is 0.127. The maximum absolute atomic E-state index is 11.7. The van der Waals surface area contributed by atoms with Crippen LogP contribution in [0.3, 0.4) is 0 Å². The van der Waals surface area contributed by atoms with Gasteiger partial charge in [0.1, 0.15) is 23.2 Å². The molecule has 0 bridgehead atoms. The van der Waals surface area contributed by atoms with Crippen LogP contribution < -0.4 is 4.74 Å². The highest BCUT2D eigenvalue weighted by atomic mass is 16.5. The Balaban J connectivity index is 3.01. The number of phenolic OH excluding ortho intramolecular Hbond substituents is 1. The molecular weight excluding hydrogens is 248 g/mol. The smallest absolute Gasteiger partial charge is 0.355 e. The number of benzene rings is 1. The number of ether oxygens (including phenoxy) is 2. The van der Waals surface area contributed by atoms with Crippen molar-refractivity contribution in [2.45, 2.75) is 20.8 Å². The van der Waals surface area contributed by atoms with Gasteiger partial charge in [-0.05, 0) is 39.0 Å². The minimum atomic E-state index is -0.895. The van der Waals surface area contributed by atoms with Gasteiger partial charge in [-0.15, -0.1) is 0 Å². The van der Waals surface area contributed by atoms with E-state index in [0.717, 1.165) is 0 Å². The van der Waals surface area contributed by atoms with Crippen molar-refractivity contribution in [2.24, 2.45) is 5.41 Å². The molecule has 1 aromatic carbocycles. The molecule has 0 saturated carbocycles. The van der Waals surface area contributed by atoms with Crippen LogP contribution >= 0.6 is 0 Å². The number of hydrogen-bond acceptors (Lipinski definition) is 5.